The van der Waals surface area contributed by atoms with E-state index >= 15 is 0 Å². The van der Waals surface area contributed by atoms with Gasteiger partial charge < -0.3 is 14.2 Å². The summed E-state index contributed by atoms with van der Waals surface area (Å²) >= 11 is 0. The predicted molar refractivity (Wildman–Crippen MR) is 59.8 cm³/mol. The van der Waals surface area contributed by atoms with Crippen LogP contribution in [0.25, 0.3) is 0 Å². The molecule has 0 radical (unpaired) electrons. The second-order valence-electron chi connectivity index (χ2n) is 4.46. The van der Waals surface area contributed by atoms with Crippen molar-refractivity contribution in [2.45, 2.75) is 45.8 Å². The lowest BCUT2D eigenvalue weighted by Crippen LogP contribution is -2.26. The average molecular weight is 216 g/mol. The van der Waals surface area contributed by atoms with Crippen molar-refractivity contribution < 1.29 is 14.2 Å². The second kappa shape index (κ2) is 8.08. The first-order valence-electron chi connectivity index (χ1n) is 6.10. The summed E-state index contributed by atoms with van der Waals surface area (Å²) < 4.78 is 16.4. The van der Waals surface area contributed by atoms with Crippen LogP contribution in [-0.4, -0.2) is 32.7 Å². The molecule has 1 fully saturated rings. The maximum absolute atomic E-state index is 5.53. The lowest BCUT2D eigenvalue weighted by molar-refractivity contribution is -0.186. The molecule has 0 spiro atoms. The van der Waals surface area contributed by atoms with Crippen LogP contribution in [0, 0.1) is 5.92 Å². The molecule has 1 rings (SSSR count). The van der Waals surface area contributed by atoms with E-state index in [2.05, 4.69) is 13.8 Å². The smallest absolute Gasteiger partial charge is 0.159 e. The Labute approximate surface area is 93.1 Å². The molecule has 1 aliphatic heterocycles. The van der Waals surface area contributed by atoms with Crippen LogP contribution in [0.2, 0.25) is 0 Å². The molecule has 0 atom stereocenters. The van der Waals surface area contributed by atoms with E-state index in [0.29, 0.717) is 0 Å². The Kier molecular flexibility index (Phi) is 6.98. The van der Waals surface area contributed by atoms with Crippen molar-refractivity contribution in [3.63, 3.8) is 0 Å². The lowest BCUT2D eigenvalue weighted by Gasteiger charge is -2.22. The zero-order valence-electron chi connectivity index (χ0n) is 10.0. The molecule has 0 amide bonds. The molecular weight excluding hydrogens is 192 g/mol. The highest BCUT2D eigenvalue weighted by Crippen LogP contribution is 2.09. The Morgan fingerprint density at radius 1 is 1.20 bits per heavy atom. The van der Waals surface area contributed by atoms with Crippen LogP contribution in [0.5, 0.6) is 0 Å². The molecule has 1 aliphatic rings. The molecule has 0 bridgehead atoms. The molecule has 0 aliphatic carbocycles. The summed E-state index contributed by atoms with van der Waals surface area (Å²) in [5, 5.41) is 0. The van der Waals surface area contributed by atoms with Crippen molar-refractivity contribution in [1.29, 1.82) is 0 Å². The number of ether oxygens (including phenoxy) is 3. The first-order chi connectivity index (χ1) is 7.29. The van der Waals surface area contributed by atoms with Crippen LogP contribution in [-0.2, 0) is 14.2 Å². The van der Waals surface area contributed by atoms with Gasteiger partial charge in [0.1, 0.15) is 0 Å². The minimum atomic E-state index is -0.0242. The van der Waals surface area contributed by atoms with Crippen molar-refractivity contribution in [1.82, 2.24) is 0 Å². The Hall–Kier alpha value is -0.120. The van der Waals surface area contributed by atoms with Crippen molar-refractivity contribution in [2.24, 2.45) is 5.92 Å². The molecule has 0 unspecified atom stereocenters. The monoisotopic (exact) mass is 216 g/mol. The normalized spacial score (nSPS) is 18.6. The molecule has 3 nitrogen and oxygen atoms in total. The SMILES string of the molecule is CC(C)CCCOCCC1OCCCO1. The molecule has 1 saturated heterocycles. The Morgan fingerprint density at radius 3 is 2.60 bits per heavy atom. The van der Waals surface area contributed by atoms with Crippen molar-refractivity contribution in [2.75, 3.05) is 26.4 Å². The van der Waals surface area contributed by atoms with E-state index in [1.165, 1.54) is 6.42 Å². The standard InChI is InChI=1S/C12H24O3/c1-11(2)5-3-7-13-10-6-12-14-8-4-9-15-12/h11-12H,3-10H2,1-2H3. The Morgan fingerprint density at radius 2 is 1.93 bits per heavy atom. The van der Waals surface area contributed by atoms with E-state index in [0.717, 1.165) is 51.6 Å². The average Bonchev–Trinajstić information content (AvgIpc) is 2.24. The molecule has 0 saturated carbocycles. The van der Waals surface area contributed by atoms with E-state index < -0.39 is 0 Å². The van der Waals surface area contributed by atoms with Crippen LogP contribution in [0.4, 0.5) is 0 Å². The van der Waals surface area contributed by atoms with Crippen molar-refractivity contribution in [3.8, 4) is 0 Å². The maximum Gasteiger partial charge on any atom is 0.159 e. The van der Waals surface area contributed by atoms with E-state index in [1.807, 2.05) is 0 Å². The fourth-order valence-corrected chi connectivity index (χ4v) is 1.58. The van der Waals surface area contributed by atoms with Gasteiger partial charge in [-0.25, -0.2) is 0 Å². The van der Waals surface area contributed by atoms with E-state index in [4.69, 9.17) is 14.2 Å². The largest absolute Gasteiger partial charge is 0.381 e. The van der Waals surface area contributed by atoms with Gasteiger partial charge in [-0.2, -0.15) is 0 Å². The highest BCUT2D eigenvalue weighted by Gasteiger charge is 2.13. The molecule has 0 N–H and O–H groups in total. The summed E-state index contributed by atoms with van der Waals surface area (Å²) in [6.45, 7) is 7.76. The van der Waals surface area contributed by atoms with Gasteiger partial charge in [0.15, 0.2) is 6.29 Å². The van der Waals surface area contributed by atoms with Crippen LogP contribution < -0.4 is 0 Å². The van der Waals surface area contributed by atoms with Crippen LogP contribution in [0.1, 0.15) is 39.5 Å². The molecule has 90 valence electrons. The van der Waals surface area contributed by atoms with Gasteiger partial charge in [-0.1, -0.05) is 13.8 Å². The molecule has 3 heteroatoms. The fraction of sp³-hybridized carbons (Fsp3) is 1.00. The van der Waals surface area contributed by atoms with E-state index in [9.17, 15) is 0 Å². The summed E-state index contributed by atoms with van der Waals surface area (Å²) in [6.07, 6.45) is 4.26. The molecular formula is C12H24O3. The highest BCUT2D eigenvalue weighted by atomic mass is 16.7. The molecule has 0 aromatic heterocycles. The third kappa shape index (κ3) is 6.88. The summed E-state index contributed by atoms with van der Waals surface area (Å²) in [5.74, 6) is 0.776. The van der Waals surface area contributed by atoms with Gasteiger partial charge in [0.05, 0.1) is 19.8 Å². The van der Waals surface area contributed by atoms with Crippen molar-refractivity contribution >= 4 is 0 Å². The van der Waals surface area contributed by atoms with Gasteiger partial charge >= 0.3 is 0 Å². The maximum atomic E-state index is 5.53. The van der Waals surface area contributed by atoms with Gasteiger partial charge in [0.25, 0.3) is 0 Å². The predicted octanol–water partition coefficient (Wildman–Crippen LogP) is 2.59. The molecule has 0 aromatic carbocycles. The zero-order chi connectivity index (χ0) is 10.9. The Bertz CT molecular complexity index is 142. The third-order valence-electron chi connectivity index (χ3n) is 2.46. The topological polar surface area (TPSA) is 27.7 Å². The fourth-order valence-electron chi connectivity index (χ4n) is 1.58. The summed E-state index contributed by atoms with van der Waals surface area (Å²) in [5.41, 5.74) is 0. The van der Waals surface area contributed by atoms with Gasteiger partial charge in [-0.05, 0) is 25.2 Å². The van der Waals surface area contributed by atoms with Crippen LogP contribution in [0.3, 0.4) is 0 Å². The molecule has 1 heterocycles. The third-order valence-corrected chi connectivity index (χ3v) is 2.46. The van der Waals surface area contributed by atoms with E-state index in [-0.39, 0.29) is 6.29 Å². The number of hydrogen-bond donors (Lipinski definition) is 0. The molecule has 15 heavy (non-hydrogen) atoms. The molecule has 0 aromatic rings. The minimum absolute atomic E-state index is 0.0242. The van der Waals surface area contributed by atoms with Gasteiger partial charge in [-0.15, -0.1) is 0 Å². The van der Waals surface area contributed by atoms with Gasteiger partial charge in [0, 0.05) is 13.0 Å². The number of hydrogen-bond acceptors (Lipinski definition) is 3. The van der Waals surface area contributed by atoms with Crippen molar-refractivity contribution in [3.05, 3.63) is 0 Å². The first kappa shape index (κ1) is 12.9. The van der Waals surface area contributed by atoms with Gasteiger partial charge in [0.2, 0.25) is 0 Å². The quantitative estimate of drug-likeness (QED) is 0.612. The zero-order valence-corrected chi connectivity index (χ0v) is 10.0. The van der Waals surface area contributed by atoms with Gasteiger partial charge in [-0.3, -0.25) is 0 Å². The minimum Gasteiger partial charge on any atom is -0.381 e. The van der Waals surface area contributed by atoms with E-state index in [1.54, 1.807) is 0 Å². The second-order valence-corrected chi connectivity index (χ2v) is 4.46. The first-order valence-corrected chi connectivity index (χ1v) is 6.10. The highest BCUT2D eigenvalue weighted by molar-refractivity contribution is 4.51. The summed E-state index contributed by atoms with van der Waals surface area (Å²) in [6, 6.07) is 0. The Balaban J connectivity index is 1.83. The summed E-state index contributed by atoms with van der Waals surface area (Å²) in [7, 11) is 0. The number of rotatable bonds is 7. The summed E-state index contributed by atoms with van der Waals surface area (Å²) in [4.78, 5) is 0. The van der Waals surface area contributed by atoms with Crippen LogP contribution in [0.15, 0.2) is 0 Å². The van der Waals surface area contributed by atoms with Crippen LogP contribution >= 0.6 is 0 Å². The lowest BCUT2D eigenvalue weighted by atomic mass is 10.1.